The Hall–Kier alpha value is -2.22. The Morgan fingerprint density at radius 1 is 1.15 bits per heavy atom. The number of rotatable bonds is 9. The van der Waals surface area contributed by atoms with Gasteiger partial charge in [0.15, 0.2) is 11.5 Å². The van der Waals surface area contributed by atoms with Gasteiger partial charge in [0.1, 0.15) is 6.10 Å². The number of halogens is 1. The van der Waals surface area contributed by atoms with Crippen molar-refractivity contribution in [2.75, 3.05) is 35.0 Å². The molecule has 2 aromatic rings. The van der Waals surface area contributed by atoms with Crippen molar-refractivity contribution in [2.24, 2.45) is 0 Å². The van der Waals surface area contributed by atoms with Gasteiger partial charge in [-0.1, -0.05) is 11.6 Å². The van der Waals surface area contributed by atoms with Gasteiger partial charge in [-0.3, -0.25) is 4.79 Å². The van der Waals surface area contributed by atoms with Gasteiger partial charge in [0.2, 0.25) is 11.7 Å². The minimum atomic E-state index is -0.249. The minimum Gasteiger partial charge on any atom is -0.493 e. The molecule has 0 saturated heterocycles. The Morgan fingerprint density at radius 2 is 1.81 bits per heavy atom. The number of thiophene rings is 1. The minimum absolute atomic E-state index is 0.242. The topological polar surface area (TPSA) is 66.0 Å². The Labute approximate surface area is 167 Å². The van der Waals surface area contributed by atoms with Crippen LogP contribution in [0.15, 0.2) is 30.3 Å². The summed E-state index contributed by atoms with van der Waals surface area (Å²) in [5.74, 6) is 1.30. The fourth-order valence-electron chi connectivity index (χ4n) is 2.42. The Kier molecular flexibility index (Phi) is 7.97. The highest BCUT2D eigenvalue weighted by Crippen LogP contribution is 2.38. The summed E-state index contributed by atoms with van der Waals surface area (Å²) in [6.07, 6.45) is 2.86. The molecule has 1 aromatic carbocycles. The van der Waals surface area contributed by atoms with Crippen LogP contribution in [0.5, 0.6) is 17.2 Å². The summed E-state index contributed by atoms with van der Waals surface area (Å²) >= 11 is 7.37. The predicted molar refractivity (Wildman–Crippen MR) is 107 cm³/mol. The summed E-state index contributed by atoms with van der Waals surface area (Å²) < 4.78 is 22.0. The molecule has 1 amide bonds. The van der Waals surface area contributed by atoms with E-state index in [1.165, 1.54) is 24.5 Å². The van der Waals surface area contributed by atoms with E-state index in [1.807, 2.05) is 6.07 Å². The summed E-state index contributed by atoms with van der Waals surface area (Å²) in [4.78, 5) is 13.1. The first-order valence-electron chi connectivity index (χ1n) is 8.06. The molecular weight excluding hydrogens is 390 g/mol. The van der Waals surface area contributed by atoms with E-state index in [-0.39, 0.29) is 12.0 Å². The van der Waals surface area contributed by atoms with Crippen LogP contribution in [-0.2, 0) is 9.53 Å². The maximum atomic E-state index is 12.1. The SMILES string of the molecule is COc1cc(/C=C/C(=O)NCC(OC)c2ccc(Cl)s2)cc(OC)c1OC. The zero-order valence-electron chi connectivity index (χ0n) is 15.6. The number of amides is 1. The van der Waals surface area contributed by atoms with Crippen molar-refractivity contribution in [1.29, 1.82) is 0 Å². The van der Waals surface area contributed by atoms with Gasteiger partial charge in [-0.15, -0.1) is 11.3 Å². The van der Waals surface area contributed by atoms with E-state index in [0.29, 0.717) is 28.1 Å². The van der Waals surface area contributed by atoms with E-state index in [2.05, 4.69) is 5.32 Å². The van der Waals surface area contributed by atoms with Crippen LogP contribution in [0.4, 0.5) is 0 Å². The van der Waals surface area contributed by atoms with Gasteiger partial charge in [0, 0.05) is 24.6 Å². The summed E-state index contributed by atoms with van der Waals surface area (Å²) in [7, 11) is 6.21. The number of nitrogens with one attached hydrogen (secondary N) is 1. The number of carbonyl (C=O) groups is 1. The number of hydrogen-bond donors (Lipinski definition) is 1. The summed E-state index contributed by atoms with van der Waals surface area (Å²) in [6, 6.07) is 7.21. The van der Waals surface area contributed by atoms with E-state index in [9.17, 15) is 4.79 Å². The number of methoxy groups -OCH3 is 4. The first kappa shape index (κ1) is 21.1. The first-order valence-corrected chi connectivity index (χ1v) is 9.25. The molecule has 0 aliphatic heterocycles. The third-order valence-corrected chi connectivity index (χ3v) is 5.09. The van der Waals surface area contributed by atoms with Crippen molar-refractivity contribution in [2.45, 2.75) is 6.10 Å². The molecule has 1 unspecified atom stereocenters. The van der Waals surface area contributed by atoms with E-state index < -0.39 is 0 Å². The molecule has 1 heterocycles. The van der Waals surface area contributed by atoms with Gasteiger partial charge in [0.25, 0.3) is 0 Å². The van der Waals surface area contributed by atoms with Crippen LogP contribution in [0.3, 0.4) is 0 Å². The van der Waals surface area contributed by atoms with Crippen LogP contribution in [0.25, 0.3) is 6.08 Å². The molecule has 27 heavy (non-hydrogen) atoms. The maximum Gasteiger partial charge on any atom is 0.244 e. The maximum absolute atomic E-state index is 12.1. The van der Waals surface area contributed by atoms with Crippen LogP contribution < -0.4 is 19.5 Å². The number of hydrogen-bond acceptors (Lipinski definition) is 6. The number of ether oxygens (including phenoxy) is 4. The van der Waals surface area contributed by atoms with Crippen LogP contribution in [0.2, 0.25) is 4.34 Å². The Bertz CT molecular complexity index is 780. The van der Waals surface area contributed by atoms with Crippen LogP contribution in [0.1, 0.15) is 16.5 Å². The van der Waals surface area contributed by atoms with E-state index in [1.54, 1.807) is 45.6 Å². The molecule has 1 atom stereocenters. The Morgan fingerprint density at radius 3 is 2.30 bits per heavy atom. The molecule has 6 nitrogen and oxygen atoms in total. The molecule has 1 N–H and O–H groups in total. The van der Waals surface area contributed by atoms with Crippen molar-refractivity contribution in [3.05, 3.63) is 45.1 Å². The average Bonchev–Trinajstić information content (AvgIpc) is 3.11. The normalized spacial score (nSPS) is 12.0. The lowest BCUT2D eigenvalue weighted by Crippen LogP contribution is -2.27. The van der Waals surface area contributed by atoms with E-state index in [4.69, 9.17) is 30.5 Å². The molecule has 146 valence electrons. The van der Waals surface area contributed by atoms with Crippen molar-refractivity contribution >= 4 is 34.9 Å². The molecule has 0 spiro atoms. The lowest BCUT2D eigenvalue weighted by atomic mass is 10.1. The lowest BCUT2D eigenvalue weighted by Gasteiger charge is -2.14. The largest absolute Gasteiger partial charge is 0.493 e. The molecule has 0 aliphatic carbocycles. The number of benzene rings is 1. The molecule has 8 heteroatoms. The molecular formula is C19H22ClNO5S. The zero-order chi connectivity index (χ0) is 19.8. The smallest absolute Gasteiger partial charge is 0.244 e. The third kappa shape index (κ3) is 5.63. The fourth-order valence-corrected chi connectivity index (χ4v) is 3.56. The van der Waals surface area contributed by atoms with Crippen molar-refractivity contribution in [3.8, 4) is 17.2 Å². The van der Waals surface area contributed by atoms with Crippen molar-refractivity contribution in [3.63, 3.8) is 0 Å². The summed E-state index contributed by atoms with van der Waals surface area (Å²) in [5, 5.41) is 2.82. The van der Waals surface area contributed by atoms with Crippen LogP contribution in [0, 0.1) is 0 Å². The standard InChI is InChI=1S/C19H22ClNO5S/c1-23-13-9-12(10-14(24-2)19(13)26-4)5-8-18(22)21-11-15(25-3)16-6-7-17(20)27-16/h5-10,15H,11H2,1-4H3,(H,21,22)/b8-5+. The highest BCUT2D eigenvalue weighted by Gasteiger charge is 2.14. The van der Waals surface area contributed by atoms with Crippen molar-refractivity contribution < 1.29 is 23.7 Å². The molecule has 0 bridgehead atoms. The summed E-state index contributed by atoms with van der Waals surface area (Å²) in [6.45, 7) is 0.339. The van der Waals surface area contributed by atoms with E-state index in [0.717, 1.165) is 10.4 Å². The third-order valence-electron chi connectivity index (χ3n) is 3.77. The summed E-state index contributed by atoms with van der Waals surface area (Å²) in [5.41, 5.74) is 0.744. The van der Waals surface area contributed by atoms with Crippen LogP contribution in [-0.4, -0.2) is 40.9 Å². The predicted octanol–water partition coefficient (Wildman–Crippen LogP) is 3.94. The highest BCUT2D eigenvalue weighted by atomic mass is 35.5. The van der Waals surface area contributed by atoms with Gasteiger partial charge in [-0.25, -0.2) is 0 Å². The van der Waals surface area contributed by atoms with Gasteiger partial charge in [-0.2, -0.15) is 0 Å². The molecule has 1 aromatic heterocycles. The first-order chi connectivity index (χ1) is 13.0. The molecule has 2 rings (SSSR count). The Balaban J connectivity index is 2.03. The van der Waals surface area contributed by atoms with Gasteiger partial charge >= 0.3 is 0 Å². The fraction of sp³-hybridized carbons (Fsp3) is 0.316. The number of carbonyl (C=O) groups excluding carboxylic acids is 1. The van der Waals surface area contributed by atoms with Crippen molar-refractivity contribution in [1.82, 2.24) is 5.32 Å². The second-order valence-corrected chi connectivity index (χ2v) is 7.15. The van der Waals surface area contributed by atoms with Gasteiger partial charge < -0.3 is 24.3 Å². The van der Waals surface area contributed by atoms with Gasteiger partial charge in [-0.05, 0) is 35.9 Å². The highest BCUT2D eigenvalue weighted by molar-refractivity contribution is 7.16. The van der Waals surface area contributed by atoms with Crippen LogP contribution >= 0.6 is 22.9 Å². The molecule has 0 saturated carbocycles. The van der Waals surface area contributed by atoms with E-state index >= 15 is 0 Å². The average molecular weight is 412 g/mol. The quantitative estimate of drug-likeness (QED) is 0.633. The molecule has 0 aliphatic rings. The van der Waals surface area contributed by atoms with Gasteiger partial charge in [0.05, 0.1) is 25.7 Å². The zero-order valence-corrected chi connectivity index (χ0v) is 17.1. The molecule has 0 radical (unpaired) electrons. The second kappa shape index (κ2) is 10.2. The molecule has 0 fully saturated rings. The lowest BCUT2D eigenvalue weighted by molar-refractivity contribution is -0.117. The second-order valence-electron chi connectivity index (χ2n) is 5.40. The monoisotopic (exact) mass is 411 g/mol.